The number of rotatable bonds is 2. The third-order valence-corrected chi connectivity index (χ3v) is 3.72. The Labute approximate surface area is 102 Å². The lowest BCUT2D eigenvalue weighted by atomic mass is 9.85. The van der Waals surface area contributed by atoms with Crippen LogP contribution in [0.5, 0.6) is 0 Å². The monoisotopic (exact) mass is 236 g/mol. The van der Waals surface area contributed by atoms with E-state index in [2.05, 4.69) is 12.1 Å². The second kappa shape index (κ2) is 4.90. The van der Waals surface area contributed by atoms with Gasteiger partial charge in [-0.1, -0.05) is 24.9 Å². The highest BCUT2D eigenvalue weighted by Gasteiger charge is 2.29. The van der Waals surface area contributed by atoms with E-state index in [4.69, 9.17) is 4.52 Å². The molecule has 2 atom stereocenters. The molecule has 4 nitrogen and oxygen atoms in total. The summed E-state index contributed by atoms with van der Waals surface area (Å²) in [4.78, 5) is 14.0. The number of amides is 1. The first-order valence-electron chi connectivity index (χ1n) is 6.30. The number of nitrogens with zero attached hydrogens (tertiary/aromatic N) is 2. The first kappa shape index (κ1) is 12.1. The summed E-state index contributed by atoms with van der Waals surface area (Å²) >= 11 is 0. The summed E-state index contributed by atoms with van der Waals surface area (Å²) in [7, 11) is 1.87. The summed E-state index contributed by atoms with van der Waals surface area (Å²) in [6.45, 7) is 4.04. The van der Waals surface area contributed by atoms with Crippen LogP contribution in [0.25, 0.3) is 0 Å². The van der Waals surface area contributed by atoms with Crippen LogP contribution in [0, 0.1) is 12.8 Å². The Morgan fingerprint density at radius 1 is 1.47 bits per heavy atom. The largest absolute Gasteiger partial charge is 0.351 e. The number of carbonyl (C=O) groups excluding carboxylic acids is 1. The zero-order valence-corrected chi connectivity index (χ0v) is 10.8. The summed E-state index contributed by atoms with van der Waals surface area (Å²) < 4.78 is 5.03. The predicted molar refractivity (Wildman–Crippen MR) is 64.8 cm³/mol. The van der Waals surface area contributed by atoms with Crippen molar-refractivity contribution in [1.29, 1.82) is 0 Å². The summed E-state index contributed by atoms with van der Waals surface area (Å²) in [6.07, 6.45) is 4.79. The molecule has 1 saturated carbocycles. The lowest BCUT2D eigenvalue weighted by molar-refractivity contribution is 0.0588. The van der Waals surface area contributed by atoms with E-state index in [0.29, 0.717) is 17.7 Å². The molecule has 1 aliphatic rings. The van der Waals surface area contributed by atoms with Crippen molar-refractivity contribution >= 4 is 5.91 Å². The predicted octanol–water partition coefficient (Wildman–Crippen LogP) is 2.63. The van der Waals surface area contributed by atoms with E-state index in [0.717, 1.165) is 12.1 Å². The van der Waals surface area contributed by atoms with Crippen molar-refractivity contribution in [1.82, 2.24) is 10.1 Å². The second-order valence-corrected chi connectivity index (χ2v) is 5.08. The van der Waals surface area contributed by atoms with E-state index in [-0.39, 0.29) is 5.91 Å². The Hall–Kier alpha value is -1.32. The Bertz CT molecular complexity index is 400. The molecule has 2 unspecified atom stereocenters. The molecule has 2 rings (SSSR count). The van der Waals surface area contributed by atoms with Crippen LogP contribution in [-0.2, 0) is 0 Å². The van der Waals surface area contributed by atoms with E-state index < -0.39 is 0 Å². The third kappa shape index (κ3) is 2.51. The molecule has 0 bridgehead atoms. The van der Waals surface area contributed by atoms with Crippen molar-refractivity contribution in [3.05, 3.63) is 17.5 Å². The van der Waals surface area contributed by atoms with Gasteiger partial charge in [-0.2, -0.15) is 0 Å². The maximum Gasteiger partial charge on any atom is 0.292 e. The Morgan fingerprint density at radius 3 is 2.76 bits per heavy atom. The summed E-state index contributed by atoms with van der Waals surface area (Å²) in [5, 5.41) is 3.76. The lowest BCUT2D eigenvalue weighted by Gasteiger charge is -2.35. The van der Waals surface area contributed by atoms with Crippen LogP contribution >= 0.6 is 0 Å². The molecule has 0 aliphatic heterocycles. The first-order valence-corrected chi connectivity index (χ1v) is 6.30. The van der Waals surface area contributed by atoms with E-state index in [9.17, 15) is 4.79 Å². The van der Waals surface area contributed by atoms with Crippen LogP contribution in [0.1, 0.15) is 48.9 Å². The molecule has 0 saturated heterocycles. The molecule has 1 amide bonds. The molecular formula is C13H20N2O2. The molecule has 0 spiro atoms. The molecule has 0 N–H and O–H groups in total. The average Bonchev–Trinajstić information content (AvgIpc) is 2.75. The minimum absolute atomic E-state index is 0.0515. The summed E-state index contributed by atoms with van der Waals surface area (Å²) in [6, 6.07) is 2.04. The van der Waals surface area contributed by atoms with Crippen LogP contribution in [0.4, 0.5) is 0 Å². The van der Waals surface area contributed by atoms with Gasteiger partial charge < -0.3 is 9.42 Å². The van der Waals surface area contributed by atoms with Crippen LogP contribution in [-0.4, -0.2) is 29.1 Å². The van der Waals surface area contributed by atoms with Gasteiger partial charge in [0, 0.05) is 19.2 Å². The summed E-state index contributed by atoms with van der Waals surface area (Å²) in [5.74, 6) is 0.869. The normalized spacial score (nSPS) is 24.6. The second-order valence-electron chi connectivity index (χ2n) is 5.08. The Kier molecular flexibility index (Phi) is 3.50. The van der Waals surface area contributed by atoms with Gasteiger partial charge in [0.05, 0.1) is 5.69 Å². The van der Waals surface area contributed by atoms with Gasteiger partial charge in [-0.3, -0.25) is 4.79 Å². The molecule has 1 heterocycles. The number of carbonyl (C=O) groups is 1. The smallest absolute Gasteiger partial charge is 0.292 e. The van der Waals surface area contributed by atoms with Crippen molar-refractivity contribution < 1.29 is 9.32 Å². The van der Waals surface area contributed by atoms with E-state index in [1.165, 1.54) is 19.3 Å². The van der Waals surface area contributed by atoms with Crippen LogP contribution in [0.15, 0.2) is 10.6 Å². The SMILES string of the molecule is Cc1cc(C(=O)N(C)C2CCCCC2C)on1. The van der Waals surface area contributed by atoms with Crippen molar-refractivity contribution in [2.75, 3.05) is 7.05 Å². The van der Waals surface area contributed by atoms with Crippen molar-refractivity contribution in [3.63, 3.8) is 0 Å². The highest BCUT2D eigenvalue weighted by Crippen LogP contribution is 2.28. The molecule has 0 radical (unpaired) electrons. The van der Waals surface area contributed by atoms with E-state index >= 15 is 0 Å². The lowest BCUT2D eigenvalue weighted by Crippen LogP contribution is -2.42. The molecule has 0 aromatic carbocycles. The Morgan fingerprint density at radius 2 is 2.18 bits per heavy atom. The molecule has 4 heteroatoms. The van der Waals surface area contributed by atoms with Gasteiger partial charge in [0.2, 0.25) is 5.76 Å². The molecule has 1 aliphatic carbocycles. The zero-order valence-electron chi connectivity index (χ0n) is 10.8. The van der Waals surface area contributed by atoms with Crippen LogP contribution < -0.4 is 0 Å². The highest BCUT2D eigenvalue weighted by molar-refractivity contribution is 5.91. The van der Waals surface area contributed by atoms with Gasteiger partial charge >= 0.3 is 0 Å². The van der Waals surface area contributed by atoms with E-state index in [1.807, 2.05) is 18.9 Å². The fourth-order valence-corrected chi connectivity index (χ4v) is 2.66. The quantitative estimate of drug-likeness (QED) is 0.793. The van der Waals surface area contributed by atoms with Gasteiger partial charge in [0.1, 0.15) is 0 Å². The van der Waals surface area contributed by atoms with E-state index in [1.54, 1.807) is 6.07 Å². The fourth-order valence-electron chi connectivity index (χ4n) is 2.66. The van der Waals surface area contributed by atoms with Crippen molar-refractivity contribution in [2.45, 2.75) is 45.6 Å². The minimum atomic E-state index is -0.0515. The number of aromatic nitrogens is 1. The number of aryl methyl sites for hydroxylation is 1. The molecule has 1 fully saturated rings. The average molecular weight is 236 g/mol. The van der Waals surface area contributed by atoms with Gasteiger partial charge in [-0.05, 0) is 25.7 Å². The zero-order chi connectivity index (χ0) is 12.4. The number of hydrogen-bond donors (Lipinski definition) is 0. The maximum atomic E-state index is 12.2. The first-order chi connectivity index (χ1) is 8.09. The van der Waals surface area contributed by atoms with Gasteiger partial charge in [-0.25, -0.2) is 0 Å². The Balaban J connectivity index is 2.08. The number of hydrogen-bond acceptors (Lipinski definition) is 3. The fraction of sp³-hybridized carbons (Fsp3) is 0.692. The standard InChI is InChI=1S/C13H20N2O2/c1-9-6-4-5-7-11(9)15(3)13(16)12-8-10(2)14-17-12/h8-9,11H,4-7H2,1-3H3. The highest BCUT2D eigenvalue weighted by atomic mass is 16.5. The van der Waals surface area contributed by atoms with Crippen molar-refractivity contribution in [3.8, 4) is 0 Å². The molecular weight excluding hydrogens is 216 g/mol. The van der Waals surface area contributed by atoms with Gasteiger partial charge in [0.25, 0.3) is 5.91 Å². The minimum Gasteiger partial charge on any atom is -0.351 e. The third-order valence-electron chi connectivity index (χ3n) is 3.72. The topological polar surface area (TPSA) is 46.3 Å². The van der Waals surface area contributed by atoms with Crippen LogP contribution in [0.3, 0.4) is 0 Å². The molecule has 1 aromatic rings. The molecule has 1 aromatic heterocycles. The van der Waals surface area contributed by atoms with Crippen LogP contribution in [0.2, 0.25) is 0 Å². The van der Waals surface area contributed by atoms with Gasteiger partial charge in [-0.15, -0.1) is 0 Å². The summed E-state index contributed by atoms with van der Waals surface area (Å²) in [5.41, 5.74) is 0.749. The maximum absolute atomic E-state index is 12.2. The van der Waals surface area contributed by atoms with Crippen molar-refractivity contribution in [2.24, 2.45) is 5.92 Å². The molecule has 17 heavy (non-hydrogen) atoms. The molecule has 94 valence electrons. The van der Waals surface area contributed by atoms with Gasteiger partial charge in [0.15, 0.2) is 0 Å².